The smallest absolute Gasteiger partial charge is 0.358 e. The van der Waals surface area contributed by atoms with E-state index in [2.05, 4.69) is 9.97 Å². The molecule has 0 unspecified atom stereocenters. The zero-order valence-corrected chi connectivity index (χ0v) is 25.0. The molecule has 43 heavy (non-hydrogen) atoms. The quantitative estimate of drug-likeness (QED) is 0.107. The van der Waals surface area contributed by atoms with Gasteiger partial charge in [0.15, 0.2) is 21.7 Å². The lowest BCUT2D eigenvalue weighted by Crippen LogP contribution is -2.06. The number of carbonyl (C=O) groups is 2. The van der Waals surface area contributed by atoms with Crippen molar-refractivity contribution in [2.45, 2.75) is 60.4 Å². The fourth-order valence-corrected chi connectivity index (χ4v) is 5.22. The first kappa shape index (κ1) is 32.8. The summed E-state index contributed by atoms with van der Waals surface area (Å²) in [6.45, 7) is 7.37. The van der Waals surface area contributed by atoms with E-state index in [1.807, 2.05) is 25.3 Å². The molecule has 0 saturated carbocycles. The topological polar surface area (TPSA) is 186 Å². The van der Waals surface area contributed by atoms with Crippen molar-refractivity contribution in [1.82, 2.24) is 19.1 Å². The van der Waals surface area contributed by atoms with Crippen molar-refractivity contribution >= 4 is 46.8 Å². The third-order valence-corrected chi connectivity index (χ3v) is 7.57. The molecule has 0 atom stereocenters. The number of non-ortho nitro benzene ring substituents is 2. The van der Waals surface area contributed by atoms with Gasteiger partial charge < -0.3 is 19.0 Å². The molecule has 0 amide bonds. The van der Waals surface area contributed by atoms with Gasteiger partial charge in [0.25, 0.3) is 11.4 Å². The van der Waals surface area contributed by atoms with Gasteiger partial charge in [-0.2, -0.15) is 0 Å². The van der Waals surface area contributed by atoms with Crippen LogP contribution in [0.15, 0.2) is 81.0 Å². The van der Waals surface area contributed by atoms with E-state index < -0.39 is 21.8 Å². The minimum atomic E-state index is -1.08. The molecule has 0 aliphatic carbocycles. The van der Waals surface area contributed by atoms with Crippen LogP contribution in [0.3, 0.4) is 0 Å². The van der Waals surface area contributed by atoms with Gasteiger partial charge >= 0.3 is 11.9 Å². The summed E-state index contributed by atoms with van der Waals surface area (Å²) in [7, 11) is 0. The fraction of sp³-hybridized carbons (Fsp3) is 0.259. The molecule has 2 heterocycles. The number of nitrogens with zero attached hydrogens (tertiary/aromatic N) is 6. The van der Waals surface area contributed by atoms with Crippen LogP contribution in [-0.4, -0.2) is 52.6 Å². The molecule has 0 spiro atoms. The lowest BCUT2D eigenvalue weighted by Gasteiger charge is -2.03. The predicted molar refractivity (Wildman–Crippen MR) is 158 cm³/mol. The second kappa shape index (κ2) is 15.5. The Labute approximate surface area is 254 Å². The molecule has 4 aromatic rings. The summed E-state index contributed by atoms with van der Waals surface area (Å²) in [4.78, 5) is 53.0. The summed E-state index contributed by atoms with van der Waals surface area (Å²) in [6.07, 6.45) is 3.88. The summed E-state index contributed by atoms with van der Waals surface area (Å²) >= 11 is 2.61. The van der Waals surface area contributed by atoms with Gasteiger partial charge in [-0.1, -0.05) is 30.4 Å². The SMILES string of the molecule is CCCOC(=O)c1cn(CC)c(Sc2ccc([N+](=O)[O-])cc2)n1.CCn1cc(C(=O)O)nc1Sc1ccc([N+](=O)[O-])cc1. The van der Waals surface area contributed by atoms with E-state index in [1.165, 1.54) is 54.0 Å². The monoisotopic (exact) mass is 628 g/mol. The number of aromatic carboxylic acids is 1. The Morgan fingerprint density at radius 3 is 1.58 bits per heavy atom. The Morgan fingerprint density at radius 1 is 0.791 bits per heavy atom. The highest BCUT2D eigenvalue weighted by molar-refractivity contribution is 7.99. The maximum absolute atomic E-state index is 11.9. The number of carboxylic acid groups (broad SMARTS) is 1. The molecule has 0 bridgehead atoms. The number of imidazole rings is 2. The van der Waals surface area contributed by atoms with E-state index in [0.29, 0.717) is 30.0 Å². The van der Waals surface area contributed by atoms with Crippen LogP contribution in [-0.2, 0) is 17.8 Å². The number of aryl methyl sites for hydroxylation is 2. The van der Waals surface area contributed by atoms with Crippen LogP contribution in [0.2, 0.25) is 0 Å². The molecule has 0 saturated heterocycles. The minimum absolute atomic E-state index is 0.0133. The van der Waals surface area contributed by atoms with Crippen LogP contribution in [0.4, 0.5) is 11.4 Å². The summed E-state index contributed by atoms with van der Waals surface area (Å²) in [6, 6.07) is 12.2. The van der Waals surface area contributed by atoms with Crippen LogP contribution in [0.1, 0.15) is 48.2 Å². The molecule has 0 aliphatic rings. The van der Waals surface area contributed by atoms with E-state index in [-0.39, 0.29) is 22.8 Å². The van der Waals surface area contributed by atoms with Crippen molar-refractivity contribution in [1.29, 1.82) is 0 Å². The molecule has 14 nitrogen and oxygen atoms in total. The third-order valence-electron chi connectivity index (χ3n) is 5.54. The third kappa shape index (κ3) is 9.14. The highest BCUT2D eigenvalue weighted by Crippen LogP contribution is 2.30. The number of hydrogen-bond donors (Lipinski definition) is 1. The van der Waals surface area contributed by atoms with Crippen LogP contribution in [0.25, 0.3) is 0 Å². The lowest BCUT2D eigenvalue weighted by atomic mass is 10.3. The number of hydrogen-bond acceptors (Lipinski definition) is 11. The summed E-state index contributed by atoms with van der Waals surface area (Å²) in [5.74, 6) is -1.52. The molecule has 4 rings (SSSR count). The highest BCUT2D eigenvalue weighted by Gasteiger charge is 2.17. The number of benzene rings is 2. The Bertz CT molecular complexity index is 1590. The number of rotatable bonds is 12. The number of esters is 1. The molecule has 0 aliphatic heterocycles. The first-order valence-corrected chi connectivity index (χ1v) is 14.6. The first-order valence-electron chi connectivity index (χ1n) is 13.0. The molecule has 0 fully saturated rings. The van der Waals surface area contributed by atoms with Gasteiger partial charge in [-0.25, -0.2) is 19.6 Å². The standard InChI is InChI=1S/C15H17N3O4S.C12H11N3O4S/c1-3-9-22-14(19)13-10-17(4-2)15(16-13)23-12-7-5-11(6-8-12)18(20)21;1-2-14-7-10(11(16)17)13-12(14)20-9-5-3-8(4-6-9)15(18)19/h5-8,10H,3-4,9H2,1-2H3;3-7H,2H2,1H3,(H,16,17). The number of aromatic nitrogens is 4. The van der Waals surface area contributed by atoms with E-state index in [9.17, 15) is 29.8 Å². The normalized spacial score (nSPS) is 10.5. The molecule has 1 N–H and O–H groups in total. The van der Waals surface area contributed by atoms with Crippen molar-refractivity contribution in [2.75, 3.05) is 6.61 Å². The fourth-order valence-electron chi connectivity index (χ4n) is 3.37. The average molecular weight is 629 g/mol. The Balaban J connectivity index is 0.000000238. The molecule has 0 radical (unpaired) electrons. The molecule has 16 heteroatoms. The number of carbonyl (C=O) groups excluding carboxylic acids is 1. The Hall–Kier alpha value is -4.70. The average Bonchev–Trinajstić information content (AvgIpc) is 3.60. The Kier molecular flexibility index (Phi) is 11.8. The molecular formula is C27H28N6O8S2. The Morgan fingerprint density at radius 2 is 1.21 bits per heavy atom. The number of nitro groups is 2. The van der Waals surface area contributed by atoms with E-state index in [1.54, 1.807) is 35.0 Å². The number of carboxylic acids is 1. The van der Waals surface area contributed by atoms with Gasteiger partial charge in [0.05, 0.1) is 16.5 Å². The van der Waals surface area contributed by atoms with Gasteiger partial charge in [0.2, 0.25) is 0 Å². The molecule has 2 aromatic heterocycles. The van der Waals surface area contributed by atoms with E-state index in [4.69, 9.17) is 9.84 Å². The van der Waals surface area contributed by atoms with Crippen molar-refractivity contribution in [3.8, 4) is 0 Å². The van der Waals surface area contributed by atoms with Crippen molar-refractivity contribution < 1.29 is 29.3 Å². The van der Waals surface area contributed by atoms with Crippen molar-refractivity contribution in [2.24, 2.45) is 0 Å². The van der Waals surface area contributed by atoms with Crippen LogP contribution in [0, 0.1) is 20.2 Å². The van der Waals surface area contributed by atoms with Crippen molar-refractivity contribution in [3.05, 3.63) is 92.5 Å². The van der Waals surface area contributed by atoms with Gasteiger partial charge in [-0.15, -0.1) is 0 Å². The second-order valence-corrected chi connectivity index (χ2v) is 10.6. The maximum atomic E-state index is 11.9. The minimum Gasteiger partial charge on any atom is -0.476 e. The summed E-state index contributed by atoms with van der Waals surface area (Å²) in [5, 5.41) is 31.3. The van der Waals surface area contributed by atoms with Crippen molar-refractivity contribution in [3.63, 3.8) is 0 Å². The zero-order valence-electron chi connectivity index (χ0n) is 23.4. The van der Waals surface area contributed by atoms with Gasteiger partial charge in [0.1, 0.15) is 0 Å². The maximum Gasteiger partial charge on any atom is 0.358 e. The summed E-state index contributed by atoms with van der Waals surface area (Å²) < 4.78 is 8.64. The van der Waals surface area contributed by atoms with Crippen LogP contribution < -0.4 is 0 Å². The second-order valence-electron chi connectivity index (χ2n) is 8.54. The predicted octanol–water partition coefficient (Wildman–Crippen LogP) is 6.19. The van der Waals surface area contributed by atoms with Gasteiger partial charge in [-0.3, -0.25) is 20.2 Å². The summed E-state index contributed by atoms with van der Waals surface area (Å²) in [5.41, 5.74) is 0.303. The van der Waals surface area contributed by atoms with Crippen LogP contribution in [0.5, 0.6) is 0 Å². The number of ether oxygens (including phenoxy) is 1. The number of nitro benzene ring substituents is 2. The van der Waals surface area contributed by atoms with Crippen LogP contribution >= 0.6 is 23.5 Å². The molecule has 226 valence electrons. The largest absolute Gasteiger partial charge is 0.476 e. The van der Waals surface area contributed by atoms with E-state index >= 15 is 0 Å². The highest BCUT2D eigenvalue weighted by atomic mass is 32.2. The van der Waals surface area contributed by atoms with Gasteiger partial charge in [-0.05, 0) is 44.5 Å². The first-order chi connectivity index (χ1) is 20.6. The zero-order chi connectivity index (χ0) is 31.5. The molecular weight excluding hydrogens is 600 g/mol. The van der Waals surface area contributed by atoms with Gasteiger partial charge in [0, 0.05) is 59.5 Å². The molecule has 2 aromatic carbocycles. The lowest BCUT2D eigenvalue weighted by molar-refractivity contribution is -0.385. The van der Waals surface area contributed by atoms with E-state index in [0.717, 1.165) is 16.2 Å².